The van der Waals surface area contributed by atoms with Crippen LogP contribution in [0, 0.1) is 5.41 Å². The Labute approximate surface area is 183 Å². The summed E-state index contributed by atoms with van der Waals surface area (Å²) in [6, 6.07) is 14.2. The molecule has 1 fully saturated rings. The van der Waals surface area contributed by atoms with E-state index in [1.807, 2.05) is 37.8 Å². The van der Waals surface area contributed by atoms with E-state index in [0.717, 1.165) is 31.6 Å². The van der Waals surface area contributed by atoms with Crippen molar-refractivity contribution in [1.82, 2.24) is 4.90 Å². The Bertz CT molecular complexity index is 942. The molecule has 0 saturated carbocycles. The summed E-state index contributed by atoms with van der Waals surface area (Å²) in [4.78, 5) is 38.7. The van der Waals surface area contributed by atoms with Gasteiger partial charge in [-0.25, -0.2) is 0 Å². The molecule has 1 heterocycles. The maximum absolute atomic E-state index is 12.4. The van der Waals surface area contributed by atoms with Gasteiger partial charge in [0.1, 0.15) is 0 Å². The van der Waals surface area contributed by atoms with Crippen molar-refractivity contribution in [3.05, 3.63) is 54.1 Å². The summed E-state index contributed by atoms with van der Waals surface area (Å²) >= 11 is 0. The normalized spacial score (nSPS) is 13.6. The largest absolute Gasteiger partial charge is 0.376 e. The number of hydrogen-bond acceptors (Lipinski definition) is 4. The van der Waals surface area contributed by atoms with Crippen molar-refractivity contribution in [3.63, 3.8) is 0 Å². The second-order valence-corrected chi connectivity index (χ2v) is 8.76. The molecule has 0 aromatic heterocycles. The molecule has 31 heavy (non-hydrogen) atoms. The van der Waals surface area contributed by atoms with E-state index >= 15 is 0 Å². The molecule has 164 valence electrons. The third-order valence-corrected chi connectivity index (χ3v) is 5.06. The minimum atomic E-state index is -0.488. The molecule has 1 aliphatic heterocycles. The average Bonchev–Trinajstić information content (AvgIpc) is 3.27. The summed E-state index contributed by atoms with van der Waals surface area (Å²) in [5, 5.41) is 8.75. The zero-order valence-corrected chi connectivity index (χ0v) is 18.3. The molecule has 2 aromatic rings. The number of amides is 3. The molecule has 3 amide bonds. The molecule has 3 rings (SSSR count). The van der Waals surface area contributed by atoms with E-state index in [4.69, 9.17) is 0 Å². The number of carbonyl (C=O) groups is 3. The van der Waals surface area contributed by atoms with Crippen molar-refractivity contribution in [1.29, 1.82) is 0 Å². The smallest absolute Gasteiger partial charge is 0.253 e. The third kappa shape index (κ3) is 6.31. The van der Waals surface area contributed by atoms with Crippen LogP contribution in [0.25, 0.3) is 0 Å². The van der Waals surface area contributed by atoms with Crippen LogP contribution >= 0.6 is 0 Å². The second-order valence-electron chi connectivity index (χ2n) is 8.76. The van der Waals surface area contributed by atoms with E-state index < -0.39 is 5.41 Å². The van der Waals surface area contributed by atoms with Crippen LogP contribution in [0.4, 0.5) is 17.1 Å². The predicted molar refractivity (Wildman–Crippen MR) is 123 cm³/mol. The summed E-state index contributed by atoms with van der Waals surface area (Å²) in [6.45, 7) is 7.25. The van der Waals surface area contributed by atoms with E-state index in [1.165, 1.54) is 0 Å². The van der Waals surface area contributed by atoms with Crippen LogP contribution in [0.2, 0.25) is 0 Å². The molecule has 0 spiro atoms. The van der Waals surface area contributed by atoms with E-state index in [2.05, 4.69) is 16.0 Å². The van der Waals surface area contributed by atoms with Crippen LogP contribution in [0.5, 0.6) is 0 Å². The first kappa shape index (κ1) is 22.3. The van der Waals surface area contributed by atoms with Crippen molar-refractivity contribution in [2.24, 2.45) is 5.41 Å². The lowest BCUT2D eigenvalue weighted by atomic mass is 9.95. The van der Waals surface area contributed by atoms with Gasteiger partial charge in [-0.15, -0.1) is 0 Å². The third-order valence-electron chi connectivity index (χ3n) is 5.06. The van der Waals surface area contributed by atoms with Gasteiger partial charge < -0.3 is 20.9 Å². The zero-order valence-electron chi connectivity index (χ0n) is 18.3. The van der Waals surface area contributed by atoms with Crippen molar-refractivity contribution in [2.45, 2.75) is 33.6 Å². The van der Waals surface area contributed by atoms with Crippen LogP contribution in [0.3, 0.4) is 0 Å². The molecular weight excluding hydrogens is 392 g/mol. The van der Waals surface area contributed by atoms with Crippen LogP contribution in [-0.4, -0.2) is 42.3 Å². The standard InChI is InChI=1S/C24H30N4O3/c1-24(2,3)23(31)27-20-8-6-7-19(15-20)25-16-21(29)26-18-11-9-17(10-12-18)22(30)28-13-4-5-14-28/h6-12,15,25H,4-5,13-14,16H2,1-3H3,(H,26,29)(H,27,31). The van der Waals surface area contributed by atoms with E-state index in [0.29, 0.717) is 16.9 Å². The summed E-state index contributed by atoms with van der Waals surface area (Å²) in [5.41, 5.74) is 2.18. The molecule has 3 N–H and O–H groups in total. The molecule has 7 nitrogen and oxygen atoms in total. The highest BCUT2D eigenvalue weighted by Gasteiger charge is 2.21. The second kappa shape index (κ2) is 9.64. The van der Waals surface area contributed by atoms with Crippen molar-refractivity contribution in [2.75, 3.05) is 35.6 Å². The first-order valence-corrected chi connectivity index (χ1v) is 10.6. The average molecular weight is 423 g/mol. The first-order valence-electron chi connectivity index (χ1n) is 10.6. The highest BCUT2D eigenvalue weighted by molar-refractivity contribution is 5.97. The lowest BCUT2D eigenvalue weighted by molar-refractivity contribution is -0.123. The fourth-order valence-electron chi connectivity index (χ4n) is 3.21. The Morgan fingerprint density at radius 3 is 2.16 bits per heavy atom. The van der Waals surface area contributed by atoms with Gasteiger partial charge >= 0.3 is 0 Å². The monoisotopic (exact) mass is 422 g/mol. The Kier molecular flexibility index (Phi) is 6.95. The van der Waals surface area contributed by atoms with Crippen LogP contribution < -0.4 is 16.0 Å². The number of nitrogens with zero attached hydrogens (tertiary/aromatic N) is 1. The first-order chi connectivity index (χ1) is 14.7. The lowest BCUT2D eigenvalue weighted by Gasteiger charge is -2.18. The summed E-state index contributed by atoms with van der Waals surface area (Å²) < 4.78 is 0. The number of anilines is 3. The van der Waals surface area contributed by atoms with E-state index in [9.17, 15) is 14.4 Å². The molecule has 0 aliphatic carbocycles. The van der Waals surface area contributed by atoms with Gasteiger partial charge in [-0.1, -0.05) is 26.8 Å². The number of rotatable bonds is 6. The Balaban J connectivity index is 1.50. The number of hydrogen-bond donors (Lipinski definition) is 3. The maximum Gasteiger partial charge on any atom is 0.253 e. The summed E-state index contributed by atoms with van der Waals surface area (Å²) in [7, 11) is 0. The fraction of sp³-hybridized carbons (Fsp3) is 0.375. The van der Waals surface area contributed by atoms with Gasteiger partial charge in [-0.3, -0.25) is 14.4 Å². The number of carbonyl (C=O) groups excluding carboxylic acids is 3. The molecule has 0 atom stereocenters. The Hall–Kier alpha value is -3.35. The van der Waals surface area contributed by atoms with Gasteiger partial charge in [0.25, 0.3) is 5.91 Å². The van der Waals surface area contributed by atoms with E-state index in [1.54, 1.807) is 36.4 Å². The zero-order chi connectivity index (χ0) is 22.4. The van der Waals surface area contributed by atoms with Crippen molar-refractivity contribution in [3.8, 4) is 0 Å². The molecule has 0 unspecified atom stereocenters. The van der Waals surface area contributed by atoms with Gasteiger partial charge in [0.05, 0.1) is 6.54 Å². The summed E-state index contributed by atoms with van der Waals surface area (Å²) in [5.74, 6) is -0.243. The molecule has 0 radical (unpaired) electrons. The predicted octanol–water partition coefficient (Wildman–Crippen LogP) is 3.96. The quantitative estimate of drug-likeness (QED) is 0.657. The number of likely N-dealkylation sites (tertiary alicyclic amines) is 1. The minimum Gasteiger partial charge on any atom is -0.376 e. The molecule has 2 aromatic carbocycles. The van der Waals surface area contributed by atoms with Crippen LogP contribution in [-0.2, 0) is 9.59 Å². The van der Waals surface area contributed by atoms with Crippen LogP contribution in [0.15, 0.2) is 48.5 Å². The molecule has 1 aliphatic rings. The Morgan fingerprint density at radius 1 is 0.871 bits per heavy atom. The van der Waals surface area contributed by atoms with Crippen molar-refractivity contribution < 1.29 is 14.4 Å². The topological polar surface area (TPSA) is 90.5 Å². The number of benzene rings is 2. The molecule has 7 heteroatoms. The van der Waals surface area contributed by atoms with Gasteiger partial charge in [0.15, 0.2) is 0 Å². The lowest BCUT2D eigenvalue weighted by Crippen LogP contribution is -2.27. The van der Waals surface area contributed by atoms with Gasteiger partial charge in [-0.05, 0) is 55.3 Å². The minimum absolute atomic E-state index is 0.0375. The highest BCUT2D eigenvalue weighted by Crippen LogP contribution is 2.20. The van der Waals surface area contributed by atoms with Gasteiger partial charge in [-0.2, -0.15) is 0 Å². The van der Waals surface area contributed by atoms with Gasteiger partial charge in [0.2, 0.25) is 11.8 Å². The molecular formula is C24H30N4O3. The van der Waals surface area contributed by atoms with Crippen molar-refractivity contribution >= 4 is 34.8 Å². The van der Waals surface area contributed by atoms with Crippen LogP contribution in [0.1, 0.15) is 44.0 Å². The van der Waals surface area contributed by atoms with Gasteiger partial charge in [0, 0.05) is 41.1 Å². The highest BCUT2D eigenvalue weighted by atomic mass is 16.2. The molecule has 0 bridgehead atoms. The SMILES string of the molecule is CC(C)(C)C(=O)Nc1cccc(NCC(=O)Nc2ccc(C(=O)N3CCCC3)cc2)c1. The summed E-state index contributed by atoms with van der Waals surface area (Å²) in [6.07, 6.45) is 2.11. The number of nitrogens with one attached hydrogen (secondary N) is 3. The Morgan fingerprint density at radius 2 is 1.52 bits per heavy atom. The molecule has 1 saturated heterocycles. The van der Waals surface area contributed by atoms with E-state index in [-0.39, 0.29) is 24.3 Å². The fourth-order valence-corrected chi connectivity index (χ4v) is 3.21. The maximum atomic E-state index is 12.4.